The molecule has 0 unspecified atom stereocenters. The van der Waals surface area contributed by atoms with Crippen LogP contribution in [0.4, 0.5) is 0 Å². The maximum atomic E-state index is 12.7. The van der Waals surface area contributed by atoms with Crippen LogP contribution in [0.5, 0.6) is 0 Å². The van der Waals surface area contributed by atoms with Crippen LogP contribution in [0.3, 0.4) is 0 Å². The van der Waals surface area contributed by atoms with E-state index < -0.39 is 0 Å². The second-order valence-corrected chi connectivity index (χ2v) is 8.23. The van der Waals surface area contributed by atoms with E-state index in [2.05, 4.69) is 53.7 Å². The summed E-state index contributed by atoms with van der Waals surface area (Å²) in [6.45, 7) is 11.2. The quantitative estimate of drug-likeness (QED) is 0.657. The molecule has 0 saturated carbocycles. The lowest BCUT2D eigenvalue weighted by molar-refractivity contribution is -0.145. The van der Waals surface area contributed by atoms with Gasteiger partial charge in [-0.25, -0.2) is 4.98 Å². The van der Waals surface area contributed by atoms with Crippen LogP contribution in [0.25, 0.3) is 0 Å². The fourth-order valence-electron chi connectivity index (χ4n) is 4.37. The molecule has 3 heterocycles. The number of nitrogens with zero attached hydrogens (tertiary/aromatic N) is 5. The van der Waals surface area contributed by atoms with Gasteiger partial charge in [0.05, 0.1) is 24.3 Å². The van der Waals surface area contributed by atoms with Gasteiger partial charge in [0.15, 0.2) is 5.96 Å². The van der Waals surface area contributed by atoms with Gasteiger partial charge >= 0.3 is 0 Å². The first-order valence-corrected chi connectivity index (χ1v) is 9.64. The molecule has 1 aromatic rings. The van der Waals surface area contributed by atoms with Crippen LogP contribution >= 0.6 is 0 Å². The van der Waals surface area contributed by atoms with Gasteiger partial charge in [0, 0.05) is 38.8 Å². The molecule has 1 saturated heterocycles. The Labute approximate surface area is 156 Å². The fourth-order valence-corrected chi connectivity index (χ4v) is 4.37. The number of aliphatic imine (C=N–C) groups is 1. The molecule has 0 aliphatic carbocycles. The fraction of sp³-hybridized carbons (Fsp3) is 0.737. The summed E-state index contributed by atoms with van der Waals surface area (Å²) in [6, 6.07) is 0.200. The molecule has 3 rings (SSSR count). The molecule has 2 aliphatic rings. The number of imidazole rings is 1. The zero-order valence-electron chi connectivity index (χ0n) is 16.7. The van der Waals surface area contributed by atoms with Crippen LogP contribution < -0.4 is 5.32 Å². The molecular weight excluding hydrogens is 328 g/mol. The standard InChI is InChI=1S/C19H32N6O/c1-14(2)25-17(26)12-24(13-19(25,3)4)18(20-5)21-10-15-11-23-9-7-6-8-16(23)22-15/h11,14H,6-10,12-13H2,1-5H3,(H,20,21). The molecule has 7 nitrogen and oxygen atoms in total. The summed E-state index contributed by atoms with van der Waals surface area (Å²) >= 11 is 0. The predicted molar refractivity (Wildman–Crippen MR) is 103 cm³/mol. The van der Waals surface area contributed by atoms with E-state index >= 15 is 0 Å². The Kier molecular flexibility index (Phi) is 5.25. The number of amides is 1. The lowest BCUT2D eigenvalue weighted by Crippen LogP contribution is -2.66. The van der Waals surface area contributed by atoms with Gasteiger partial charge in [0.25, 0.3) is 0 Å². The number of guanidine groups is 1. The first kappa shape index (κ1) is 18.7. The Morgan fingerprint density at radius 1 is 1.38 bits per heavy atom. The largest absolute Gasteiger partial charge is 0.351 e. The summed E-state index contributed by atoms with van der Waals surface area (Å²) in [5, 5.41) is 3.40. The maximum Gasteiger partial charge on any atom is 0.242 e. The summed E-state index contributed by atoms with van der Waals surface area (Å²) in [5.41, 5.74) is 0.809. The number of fused-ring (bicyclic) bond motifs is 1. The maximum absolute atomic E-state index is 12.7. The minimum absolute atomic E-state index is 0.150. The number of rotatable bonds is 3. The Morgan fingerprint density at radius 2 is 2.15 bits per heavy atom. The number of hydrogen-bond acceptors (Lipinski definition) is 3. The average molecular weight is 361 g/mol. The molecule has 7 heteroatoms. The van der Waals surface area contributed by atoms with Gasteiger partial charge in [0.1, 0.15) is 5.82 Å². The van der Waals surface area contributed by atoms with Gasteiger partial charge in [-0.2, -0.15) is 0 Å². The molecule has 1 N–H and O–H groups in total. The molecule has 1 fully saturated rings. The van der Waals surface area contributed by atoms with Crippen LogP contribution in [0.1, 0.15) is 52.1 Å². The zero-order valence-corrected chi connectivity index (χ0v) is 16.7. The third-order valence-electron chi connectivity index (χ3n) is 5.24. The van der Waals surface area contributed by atoms with Crippen molar-refractivity contribution in [3.63, 3.8) is 0 Å². The highest BCUT2D eigenvalue weighted by Gasteiger charge is 2.40. The van der Waals surface area contributed by atoms with E-state index in [-0.39, 0.29) is 17.5 Å². The van der Waals surface area contributed by atoms with Crippen molar-refractivity contribution in [1.29, 1.82) is 0 Å². The normalized spacial score (nSPS) is 20.5. The Bertz CT molecular complexity index is 667. The molecule has 144 valence electrons. The number of carbonyl (C=O) groups excluding carboxylic acids is 1. The summed E-state index contributed by atoms with van der Waals surface area (Å²) in [5.74, 6) is 2.10. The Morgan fingerprint density at radius 3 is 2.77 bits per heavy atom. The highest BCUT2D eigenvalue weighted by atomic mass is 16.2. The van der Waals surface area contributed by atoms with Crippen LogP contribution in [-0.4, -0.2) is 62.9 Å². The van der Waals surface area contributed by atoms with Crippen LogP contribution in [0.2, 0.25) is 0 Å². The molecule has 1 amide bonds. The minimum atomic E-state index is -0.228. The van der Waals surface area contributed by atoms with E-state index in [9.17, 15) is 4.79 Å². The third-order valence-corrected chi connectivity index (χ3v) is 5.24. The second-order valence-electron chi connectivity index (χ2n) is 8.23. The third kappa shape index (κ3) is 3.71. The van der Waals surface area contributed by atoms with Crippen LogP contribution in [-0.2, 0) is 24.3 Å². The van der Waals surface area contributed by atoms with Crippen molar-refractivity contribution in [1.82, 2.24) is 24.7 Å². The summed E-state index contributed by atoms with van der Waals surface area (Å²) in [6.07, 6.45) is 5.66. The van der Waals surface area contributed by atoms with E-state index in [1.54, 1.807) is 7.05 Å². The van der Waals surface area contributed by atoms with Gasteiger partial charge in [-0.05, 0) is 40.5 Å². The number of aryl methyl sites for hydroxylation is 2. The van der Waals surface area contributed by atoms with Crippen molar-refractivity contribution in [3.05, 3.63) is 17.7 Å². The van der Waals surface area contributed by atoms with Crippen molar-refractivity contribution in [2.24, 2.45) is 4.99 Å². The van der Waals surface area contributed by atoms with Crippen molar-refractivity contribution in [2.75, 3.05) is 20.1 Å². The van der Waals surface area contributed by atoms with Gasteiger partial charge in [-0.1, -0.05) is 0 Å². The first-order valence-electron chi connectivity index (χ1n) is 9.64. The summed E-state index contributed by atoms with van der Waals surface area (Å²) < 4.78 is 2.26. The molecule has 0 atom stereocenters. The van der Waals surface area contributed by atoms with E-state index in [0.717, 1.165) is 31.2 Å². The van der Waals surface area contributed by atoms with Crippen LogP contribution in [0, 0.1) is 0 Å². The predicted octanol–water partition coefficient (Wildman–Crippen LogP) is 1.63. The summed E-state index contributed by atoms with van der Waals surface area (Å²) in [4.78, 5) is 25.9. The molecule has 2 aliphatic heterocycles. The summed E-state index contributed by atoms with van der Waals surface area (Å²) in [7, 11) is 1.77. The monoisotopic (exact) mass is 360 g/mol. The van der Waals surface area contributed by atoms with Crippen molar-refractivity contribution in [2.45, 2.75) is 71.6 Å². The lowest BCUT2D eigenvalue weighted by atomic mass is 9.96. The zero-order chi connectivity index (χ0) is 18.9. The molecule has 0 bridgehead atoms. The molecule has 26 heavy (non-hydrogen) atoms. The number of nitrogens with one attached hydrogen (secondary N) is 1. The topological polar surface area (TPSA) is 65.8 Å². The lowest BCUT2D eigenvalue weighted by Gasteiger charge is -2.49. The molecule has 0 aromatic carbocycles. The van der Waals surface area contributed by atoms with Crippen LogP contribution in [0.15, 0.2) is 11.2 Å². The van der Waals surface area contributed by atoms with E-state index in [4.69, 9.17) is 4.98 Å². The Hall–Kier alpha value is -2.05. The molecular formula is C19H32N6O. The minimum Gasteiger partial charge on any atom is -0.351 e. The average Bonchev–Trinajstić information content (AvgIpc) is 2.96. The number of piperazine rings is 1. The van der Waals surface area contributed by atoms with Crippen molar-refractivity contribution >= 4 is 11.9 Å². The van der Waals surface area contributed by atoms with E-state index in [1.165, 1.54) is 18.7 Å². The number of hydrogen-bond donors (Lipinski definition) is 1. The number of carbonyl (C=O) groups is 1. The highest BCUT2D eigenvalue weighted by molar-refractivity contribution is 5.88. The Balaban J connectivity index is 1.66. The van der Waals surface area contributed by atoms with E-state index in [0.29, 0.717) is 13.1 Å². The smallest absolute Gasteiger partial charge is 0.242 e. The second kappa shape index (κ2) is 7.29. The molecule has 0 spiro atoms. The van der Waals surface area contributed by atoms with Gasteiger partial charge in [-0.3, -0.25) is 9.79 Å². The van der Waals surface area contributed by atoms with E-state index in [1.807, 2.05) is 4.90 Å². The van der Waals surface area contributed by atoms with Gasteiger partial charge in [0.2, 0.25) is 5.91 Å². The molecule has 0 radical (unpaired) electrons. The number of aromatic nitrogens is 2. The van der Waals surface area contributed by atoms with Crippen molar-refractivity contribution in [3.8, 4) is 0 Å². The van der Waals surface area contributed by atoms with Gasteiger partial charge in [-0.15, -0.1) is 0 Å². The first-order chi connectivity index (χ1) is 12.3. The van der Waals surface area contributed by atoms with Gasteiger partial charge < -0.3 is 19.7 Å². The molecule has 1 aromatic heterocycles. The highest BCUT2D eigenvalue weighted by Crippen LogP contribution is 2.24. The van der Waals surface area contributed by atoms with Crippen molar-refractivity contribution < 1.29 is 4.79 Å². The SMILES string of the molecule is CN=C(NCc1cn2c(n1)CCCC2)N1CC(=O)N(C(C)C)C(C)(C)C1.